The van der Waals surface area contributed by atoms with Crippen LogP contribution in [0, 0.1) is 16.0 Å². The summed E-state index contributed by atoms with van der Waals surface area (Å²) in [6.07, 6.45) is 3.22. The van der Waals surface area contributed by atoms with E-state index in [0.717, 1.165) is 25.7 Å². The number of nitrogens with zero attached hydrogens (tertiary/aromatic N) is 1. The van der Waals surface area contributed by atoms with Gasteiger partial charge in [0.15, 0.2) is 0 Å². The van der Waals surface area contributed by atoms with Gasteiger partial charge in [0, 0.05) is 24.2 Å². The maximum Gasteiger partial charge on any atom is 0.269 e. The van der Waals surface area contributed by atoms with Crippen molar-refractivity contribution in [3.8, 4) is 0 Å². The summed E-state index contributed by atoms with van der Waals surface area (Å²) in [4.78, 5) is 21.9. The monoisotopic (exact) mass is 278 g/mol. The van der Waals surface area contributed by atoms with Crippen LogP contribution in [0.1, 0.15) is 36.0 Å². The van der Waals surface area contributed by atoms with Crippen LogP contribution >= 0.6 is 0 Å². The van der Waals surface area contributed by atoms with Gasteiger partial charge in [0.05, 0.1) is 11.0 Å². The molecule has 0 radical (unpaired) electrons. The first-order chi connectivity index (χ1) is 9.56. The molecule has 2 N–H and O–H groups in total. The van der Waals surface area contributed by atoms with Crippen molar-refractivity contribution in [1.82, 2.24) is 5.32 Å². The van der Waals surface area contributed by atoms with Gasteiger partial charge >= 0.3 is 0 Å². The number of amides is 1. The number of aliphatic hydroxyl groups excluding tert-OH is 1. The summed E-state index contributed by atoms with van der Waals surface area (Å²) in [5.41, 5.74) is 0.397. The molecular formula is C14H18N2O4. The van der Waals surface area contributed by atoms with Gasteiger partial charge in [0.25, 0.3) is 11.6 Å². The Balaban J connectivity index is 1.84. The van der Waals surface area contributed by atoms with Crippen LogP contribution < -0.4 is 5.32 Å². The average Bonchev–Trinajstić information content (AvgIpc) is 2.46. The van der Waals surface area contributed by atoms with Gasteiger partial charge in [-0.15, -0.1) is 0 Å². The van der Waals surface area contributed by atoms with E-state index in [2.05, 4.69) is 5.32 Å². The molecule has 0 unspecified atom stereocenters. The minimum absolute atomic E-state index is 0.0252. The van der Waals surface area contributed by atoms with Gasteiger partial charge in [0.2, 0.25) is 0 Å². The van der Waals surface area contributed by atoms with Crippen molar-refractivity contribution in [2.75, 3.05) is 6.54 Å². The third-order valence-corrected chi connectivity index (χ3v) is 3.71. The normalized spacial score (nSPS) is 22.2. The predicted molar refractivity (Wildman–Crippen MR) is 73.4 cm³/mol. The SMILES string of the molecule is O=C(NCC1CCC(O)CC1)c1ccc([N+](=O)[O-])cc1. The number of nitrogens with one attached hydrogen (secondary N) is 1. The fraction of sp³-hybridized carbons (Fsp3) is 0.500. The highest BCUT2D eigenvalue weighted by Crippen LogP contribution is 2.23. The molecule has 1 saturated carbocycles. The predicted octanol–water partition coefficient (Wildman–Crippen LogP) is 1.88. The standard InChI is InChI=1S/C14H18N2O4/c17-13-7-1-10(2-8-13)9-15-14(18)11-3-5-12(6-4-11)16(19)20/h3-6,10,13,17H,1-2,7-9H2,(H,15,18). The van der Waals surface area contributed by atoms with Gasteiger partial charge in [0.1, 0.15) is 0 Å². The zero-order valence-corrected chi connectivity index (χ0v) is 11.1. The van der Waals surface area contributed by atoms with Gasteiger partial charge in [-0.1, -0.05) is 0 Å². The Morgan fingerprint density at radius 3 is 2.40 bits per heavy atom. The van der Waals surface area contributed by atoms with Crippen molar-refractivity contribution in [1.29, 1.82) is 0 Å². The zero-order valence-electron chi connectivity index (χ0n) is 11.1. The first kappa shape index (κ1) is 14.5. The molecule has 0 bridgehead atoms. The topological polar surface area (TPSA) is 92.5 Å². The molecule has 1 aliphatic rings. The van der Waals surface area contributed by atoms with E-state index in [-0.39, 0.29) is 17.7 Å². The van der Waals surface area contributed by atoms with E-state index in [1.165, 1.54) is 24.3 Å². The third kappa shape index (κ3) is 3.77. The Morgan fingerprint density at radius 2 is 1.85 bits per heavy atom. The summed E-state index contributed by atoms with van der Waals surface area (Å²) in [5, 5.41) is 22.8. The van der Waals surface area contributed by atoms with Crippen LogP contribution in [0.15, 0.2) is 24.3 Å². The molecule has 0 saturated heterocycles. The van der Waals surface area contributed by atoms with E-state index in [9.17, 15) is 20.0 Å². The number of nitro benzene ring substituents is 1. The summed E-state index contributed by atoms with van der Waals surface area (Å²) < 4.78 is 0. The van der Waals surface area contributed by atoms with Crippen LogP contribution in [0.5, 0.6) is 0 Å². The molecule has 1 aromatic carbocycles. The van der Waals surface area contributed by atoms with Crippen LogP contribution in [-0.4, -0.2) is 28.6 Å². The van der Waals surface area contributed by atoms with E-state index in [1.807, 2.05) is 0 Å². The van der Waals surface area contributed by atoms with Gasteiger partial charge in [-0.3, -0.25) is 14.9 Å². The van der Waals surface area contributed by atoms with Gasteiger partial charge in [-0.2, -0.15) is 0 Å². The fourth-order valence-electron chi connectivity index (χ4n) is 2.42. The van der Waals surface area contributed by atoms with Crippen molar-refractivity contribution in [2.45, 2.75) is 31.8 Å². The largest absolute Gasteiger partial charge is 0.393 e. The molecule has 1 fully saturated rings. The molecule has 1 amide bonds. The third-order valence-electron chi connectivity index (χ3n) is 3.71. The molecule has 2 rings (SSSR count). The Bertz CT molecular complexity index is 478. The highest BCUT2D eigenvalue weighted by Gasteiger charge is 2.20. The quantitative estimate of drug-likeness (QED) is 0.649. The lowest BCUT2D eigenvalue weighted by Crippen LogP contribution is -2.32. The molecule has 108 valence electrons. The van der Waals surface area contributed by atoms with Crippen molar-refractivity contribution in [3.63, 3.8) is 0 Å². The molecule has 0 heterocycles. The first-order valence-corrected chi connectivity index (χ1v) is 6.77. The summed E-state index contributed by atoms with van der Waals surface area (Å²) in [7, 11) is 0. The Kier molecular flexibility index (Phi) is 4.68. The highest BCUT2D eigenvalue weighted by molar-refractivity contribution is 5.94. The van der Waals surface area contributed by atoms with Gasteiger partial charge < -0.3 is 10.4 Å². The van der Waals surface area contributed by atoms with Crippen LogP contribution in [0.25, 0.3) is 0 Å². The van der Waals surface area contributed by atoms with E-state index in [0.29, 0.717) is 18.0 Å². The maximum absolute atomic E-state index is 11.9. The molecule has 1 aromatic rings. The lowest BCUT2D eigenvalue weighted by atomic mass is 9.87. The molecule has 6 heteroatoms. The van der Waals surface area contributed by atoms with E-state index in [4.69, 9.17) is 0 Å². The van der Waals surface area contributed by atoms with Crippen LogP contribution in [-0.2, 0) is 0 Å². The lowest BCUT2D eigenvalue weighted by molar-refractivity contribution is -0.384. The van der Waals surface area contributed by atoms with Crippen LogP contribution in [0.4, 0.5) is 5.69 Å². The van der Waals surface area contributed by atoms with Gasteiger partial charge in [-0.25, -0.2) is 0 Å². The minimum atomic E-state index is -0.491. The first-order valence-electron chi connectivity index (χ1n) is 6.77. The molecule has 0 aliphatic heterocycles. The van der Waals surface area contributed by atoms with Crippen LogP contribution in [0.2, 0.25) is 0 Å². The summed E-state index contributed by atoms with van der Waals surface area (Å²) in [6.45, 7) is 0.586. The van der Waals surface area contributed by atoms with Gasteiger partial charge in [-0.05, 0) is 43.7 Å². The molecular weight excluding hydrogens is 260 g/mol. The maximum atomic E-state index is 11.9. The number of non-ortho nitro benzene ring substituents is 1. The number of carbonyl (C=O) groups is 1. The summed E-state index contributed by atoms with van der Waals surface area (Å²) in [5.74, 6) is 0.186. The smallest absolute Gasteiger partial charge is 0.269 e. The van der Waals surface area contributed by atoms with Crippen molar-refractivity contribution in [3.05, 3.63) is 39.9 Å². The van der Waals surface area contributed by atoms with Crippen molar-refractivity contribution >= 4 is 11.6 Å². The number of carbonyl (C=O) groups excluding carboxylic acids is 1. The number of rotatable bonds is 4. The molecule has 20 heavy (non-hydrogen) atoms. The van der Waals surface area contributed by atoms with Crippen molar-refractivity contribution in [2.24, 2.45) is 5.92 Å². The highest BCUT2D eigenvalue weighted by atomic mass is 16.6. The Hall–Kier alpha value is -1.95. The molecule has 0 aromatic heterocycles. The van der Waals surface area contributed by atoms with E-state index in [1.54, 1.807) is 0 Å². The zero-order chi connectivity index (χ0) is 14.5. The Morgan fingerprint density at radius 1 is 1.25 bits per heavy atom. The second kappa shape index (κ2) is 6.47. The molecule has 1 aliphatic carbocycles. The average molecular weight is 278 g/mol. The summed E-state index contributed by atoms with van der Waals surface area (Å²) >= 11 is 0. The number of hydrogen-bond acceptors (Lipinski definition) is 4. The van der Waals surface area contributed by atoms with Crippen LogP contribution in [0.3, 0.4) is 0 Å². The van der Waals surface area contributed by atoms with E-state index < -0.39 is 4.92 Å². The second-order valence-electron chi connectivity index (χ2n) is 5.19. The Labute approximate surface area is 117 Å². The van der Waals surface area contributed by atoms with Crippen molar-refractivity contribution < 1.29 is 14.8 Å². The van der Waals surface area contributed by atoms with E-state index >= 15 is 0 Å². The lowest BCUT2D eigenvalue weighted by Gasteiger charge is -2.25. The number of nitro groups is 1. The molecule has 0 spiro atoms. The second-order valence-corrected chi connectivity index (χ2v) is 5.19. The molecule has 0 atom stereocenters. The minimum Gasteiger partial charge on any atom is -0.393 e. The number of aliphatic hydroxyl groups is 1. The molecule has 6 nitrogen and oxygen atoms in total. The fourth-order valence-corrected chi connectivity index (χ4v) is 2.42. The number of hydrogen-bond donors (Lipinski definition) is 2. The number of benzene rings is 1. The summed E-state index contributed by atoms with van der Waals surface area (Å²) in [6, 6.07) is 5.56.